The zero-order chi connectivity index (χ0) is 20.0. The van der Waals surface area contributed by atoms with E-state index in [1.165, 1.54) is 12.8 Å². The largest absolute Gasteiger partial charge is 0.356 e. The van der Waals surface area contributed by atoms with Gasteiger partial charge in [0, 0.05) is 62.3 Å². The summed E-state index contributed by atoms with van der Waals surface area (Å²) < 4.78 is 1.85. The molecule has 0 amide bonds. The Kier molecular flexibility index (Phi) is 4.44. The summed E-state index contributed by atoms with van der Waals surface area (Å²) in [6.07, 6.45) is 4.07. The SMILES string of the molecule is Cc1cc(N2CCCC2)nc(N2CCN(c3c(C)c(C)nc4ncnn34)CC2)n1. The maximum Gasteiger partial charge on any atom is 0.254 e. The molecular weight excluding hydrogens is 366 g/mol. The second-order valence-corrected chi connectivity index (χ2v) is 7.95. The molecule has 3 aromatic rings. The van der Waals surface area contributed by atoms with Gasteiger partial charge in [-0.25, -0.2) is 9.97 Å². The van der Waals surface area contributed by atoms with Crippen LogP contribution in [0.2, 0.25) is 0 Å². The molecule has 3 aromatic heterocycles. The minimum Gasteiger partial charge on any atom is -0.356 e. The Morgan fingerprint density at radius 2 is 1.52 bits per heavy atom. The number of hydrogen-bond acceptors (Lipinski definition) is 8. The Morgan fingerprint density at radius 1 is 0.793 bits per heavy atom. The van der Waals surface area contributed by atoms with Crippen LogP contribution in [0.5, 0.6) is 0 Å². The van der Waals surface area contributed by atoms with Gasteiger partial charge in [-0.2, -0.15) is 19.6 Å². The van der Waals surface area contributed by atoms with Gasteiger partial charge in [0.05, 0.1) is 0 Å². The number of nitrogens with zero attached hydrogens (tertiary/aromatic N) is 9. The van der Waals surface area contributed by atoms with E-state index in [1.807, 2.05) is 11.4 Å². The minimum atomic E-state index is 0.655. The van der Waals surface area contributed by atoms with E-state index in [2.05, 4.69) is 49.7 Å². The Balaban J connectivity index is 1.38. The van der Waals surface area contributed by atoms with Crippen LogP contribution in [0.25, 0.3) is 5.78 Å². The summed E-state index contributed by atoms with van der Waals surface area (Å²) in [5, 5.41) is 4.40. The molecule has 0 atom stereocenters. The molecule has 5 rings (SSSR count). The second kappa shape index (κ2) is 7.13. The van der Waals surface area contributed by atoms with E-state index in [4.69, 9.17) is 9.97 Å². The molecule has 2 aliphatic heterocycles. The maximum atomic E-state index is 4.90. The number of fused-ring (bicyclic) bond motifs is 1. The molecule has 0 aromatic carbocycles. The van der Waals surface area contributed by atoms with E-state index in [9.17, 15) is 0 Å². The summed E-state index contributed by atoms with van der Waals surface area (Å²) in [4.78, 5) is 25.5. The van der Waals surface area contributed by atoms with Gasteiger partial charge < -0.3 is 14.7 Å². The fourth-order valence-electron chi connectivity index (χ4n) is 4.29. The van der Waals surface area contributed by atoms with E-state index in [0.29, 0.717) is 5.78 Å². The van der Waals surface area contributed by atoms with Crippen molar-refractivity contribution in [3.05, 3.63) is 29.3 Å². The first-order valence-electron chi connectivity index (χ1n) is 10.4. The highest BCUT2D eigenvalue weighted by Gasteiger charge is 2.25. The molecule has 0 aliphatic carbocycles. The number of piperazine rings is 1. The molecule has 29 heavy (non-hydrogen) atoms. The van der Waals surface area contributed by atoms with Crippen LogP contribution in [0.3, 0.4) is 0 Å². The fourth-order valence-corrected chi connectivity index (χ4v) is 4.29. The number of aromatic nitrogens is 6. The van der Waals surface area contributed by atoms with E-state index in [1.54, 1.807) is 6.33 Å². The molecule has 9 heteroatoms. The molecule has 5 heterocycles. The van der Waals surface area contributed by atoms with Gasteiger partial charge in [-0.05, 0) is 33.6 Å². The lowest BCUT2D eigenvalue weighted by Crippen LogP contribution is -2.48. The highest BCUT2D eigenvalue weighted by Crippen LogP contribution is 2.26. The van der Waals surface area contributed by atoms with Crippen LogP contribution in [0.4, 0.5) is 17.6 Å². The quantitative estimate of drug-likeness (QED) is 0.666. The molecular formula is C20H27N9. The predicted octanol–water partition coefficient (Wildman–Crippen LogP) is 1.77. The van der Waals surface area contributed by atoms with Crippen molar-refractivity contribution < 1.29 is 0 Å². The normalized spacial score (nSPS) is 17.6. The highest BCUT2D eigenvalue weighted by atomic mass is 15.4. The zero-order valence-electron chi connectivity index (χ0n) is 17.3. The summed E-state index contributed by atoms with van der Waals surface area (Å²) in [6.45, 7) is 11.9. The third-order valence-corrected chi connectivity index (χ3v) is 6.00. The summed E-state index contributed by atoms with van der Waals surface area (Å²) in [7, 11) is 0. The van der Waals surface area contributed by atoms with Crippen LogP contribution < -0.4 is 14.7 Å². The summed E-state index contributed by atoms with van der Waals surface area (Å²) in [5.74, 6) is 3.66. The monoisotopic (exact) mass is 393 g/mol. The van der Waals surface area contributed by atoms with Crippen LogP contribution in [0, 0.1) is 20.8 Å². The standard InChI is InChI=1S/C20H27N9/c1-14-12-17(26-6-4-5-7-26)25-20(23-14)28-10-8-27(9-11-28)18-15(2)16(3)24-19-21-13-22-29(18)19/h12-13H,4-11H2,1-3H3. The van der Waals surface area contributed by atoms with Crippen LogP contribution in [0.1, 0.15) is 29.8 Å². The second-order valence-electron chi connectivity index (χ2n) is 7.95. The Hall–Kier alpha value is -2.97. The third kappa shape index (κ3) is 3.24. The third-order valence-electron chi connectivity index (χ3n) is 6.00. The van der Waals surface area contributed by atoms with Crippen molar-refractivity contribution in [2.75, 3.05) is 54.0 Å². The van der Waals surface area contributed by atoms with E-state index < -0.39 is 0 Å². The average molecular weight is 393 g/mol. The summed E-state index contributed by atoms with van der Waals surface area (Å²) in [6, 6.07) is 2.11. The van der Waals surface area contributed by atoms with Gasteiger partial charge in [0.25, 0.3) is 5.78 Å². The van der Waals surface area contributed by atoms with Gasteiger partial charge in [0.1, 0.15) is 18.0 Å². The predicted molar refractivity (Wildman–Crippen MR) is 113 cm³/mol. The molecule has 2 aliphatic rings. The van der Waals surface area contributed by atoms with Crippen LogP contribution >= 0.6 is 0 Å². The minimum absolute atomic E-state index is 0.655. The van der Waals surface area contributed by atoms with E-state index in [0.717, 1.165) is 73.8 Å². The van der Waals surface area contributed by atoms with Crippen molar-refractivity contribution in [2.45, 2.75) is 33.6 Å². The van der Waals surface area contributed by atoms with Crippen molar-refractivity contribution in [1.82, 2.24) is 29.5 Å². The number of anilines is 3. The molecule has 152 valence electrons. The Morgan fingerprint density at radius 3 is 2.28 bits per heavy atom. The maximum absolute atomic E-state index is 4.90. The molecule has 9 nitrogen and oxygen atoms in total. The first kappa shape index (κ1) is 18.1. The topological polar surface area (TPSA) is 78.6 Å². The first-order chi connectivity index (χ1) is 14.1. The average Bonchev–Trinajstić information content (AvgIpc) is 3.41. The van der Waals surface area contributed by atoms with Crippen molar-refractivity contribution >= 4 is 23.4 Å². The van der Waals surface area contributed by atoms with E-state index in [-0.39, 0.29) is 0 Å². The summed E-state index contributed by atoms with van der Waals surface area (Å²) in [5.41, 5.74) is 3.18. The van der Waals surface area contributed by atoms with Gasteiger partial charge in [-0.3, -0.25) is 0 Å². The molecule has 0 bridgehead atoms. The van der Waals surface area contributed by atoms with Gasteiger partial charge in [0.15, 0.2) is 0 Å². The van der Waals surface area contributed by atoms with Gasteiger partial charge >= 0.3 is 0 Å². The lowest BCUT2D eigenvalue weighted by molar-refractivity contribution is 0.623. The van der Waals surface area contributed by atoms with Crippen molar-refractivity contribution in [3.8, 4) is 0 Å². The van der Waals surface area contributed by atoms with Crippen LogP contribution in [0.15, 0.2) is 12.4 Å². The highest BCUT2D eigenvalue weighted by molar-refractivity contribution is 5.55. The van der Waals surface area contributed by atoms with Crippen molar-refractivity contribution in [2.24, 2.45) is 0 Å². The zero-order valence-corrected chi connectivity index (χ0v) is 17.3. The summed E-state index contributed by atoms with van der Waals surface area (Å²) >= 11 is 0. The van der Waals surface area contributed by atoms with Gasteiger partial charge in [-0.1, -0.05) is 0 Å². The molecule has 0 saturated carbocycles. The molecule has 2 saturated heterocycles. The number of rotatable bonds is 3. The Labute approximate surface area is 170 Å². The fraction of sp³-hybridized carbons (Fsp3) is 0.550. The molecule has 0 radical (unpaired) electrons. The van der Waals surface area contributed by atoms with Crippen LogP contribution in [-0.4, -0.2) is 68.8 Å². The molecule has 0 N–H and O–H groups in total. The van der Waals surface area contributed by atoms with Gasteiger partial charge in [-0.15, -0.1) is 0 Å². The number of aryl methyl sites for hydroxylation is 2. The Bertz CT molecular complexity index is 1030. The van der Waals surface area contributed by atoms with Crippen molar-refractivity contribution in [3.63, 3.8) is 0 Å². The lowest BCUT2D eigenvalue weighted by atomic mass is 10.2. The van der Waals surface area contributed by atoms with Gasteiger partial charge in [0.2, 0.25) is 5.95 Å². The first-order valence-corrected chi connectivity index (χ1v) is 10.4. The van der Waals surface area contributed by atoms with E-state index >= 15 is 0 Å². The molecule has 0 spiro atoms. The number of hydrogen-bond donors (Lipinski definition) is 0. The lowest BCUT2D eigenvalue weighted by Gasteiger charge is -2.37. The molecule has 0 unspecified atom stereocenters. The van der Waals surface area contributed by atoms with Crippen LogP contribution in [-0.2, 0) is 0 Å². The molecule has 2 fully saturated rings. The van der Waals surface area contributed by atoms with Crippen molar-refractivity contribution in [1.29, 1.82) is 0 Å². The smallest absolute Gasteiger partial charge is 0.254 e.